The minimum Gasteiger partial charge on any atom is -0.298 e. The molecule has 6 heteroatoms. The first-order chi connectivity index (χ1) is 6.88. The molecule has 0 saturated carbocycles. The predicted molar refractivity (Wildman–Crippen MR) is 57.7 cm³/mol. The standard InChI is InChI=1S/C9H10ClNO3S/c1-15(13,14)6-8(12)4-7-2-3-11-5-9(7)10/h2-3,5H,4,6H2,1H3. The van der Waals surface area contributed by atoms with Crippen LogP contribution >= 0.6 is 11.6 Å². The summed E-state index contributed by atoms with van der Waals surface area (Å²) in [6.45, 7) is 0. The Labute approximate surface area is 93.2 Å². The lowest BCUT2D eigenvalue weighted by molar-refractivity contribution is -0.116. The van der Waals surface area contributed by atoms with Crippen LogP contribution in [0.3, 0.4) is 0 Å². The van der Waals surface area contributed by atoms with Crippen molar-refractivity contribution in [3.8, 4) is 0 Å². The third kappa shape index (κ3) is 4.40. The van der Waals surface area contributed by atoms with E-state index in [9.17, 15) is 13.2 Å². The summed E-state index contributed by atoms with van der Waals surface area (Å²) in [5.41, 5.74) is 0.598. The SMILES string of the molecule is CS(=O)(=O)CC(=O)Cc1ccncc1Cl. The molecule has 4 nitrogen and oxygen atoms in total. The number of sulfone groups is 1. The summed E-state index contributed by atoms with van der Waals surface area (Å²) in [6.07, 6.45) is 3.98. The van der Waals surface area contributed by atoms with Gasteiger partial charge in [0.1, 0.15) is 5.75 Å². The number of Topliss-reactive ketones (excluding diaryl/α,β-unsaturated/α-hetero) is 1. The first kappa shape index (κ1) is 12.1. The molecule has 1 heterocycles. The van der Waals surface area contributed by atoms with Gasteiger partial charge in [0, 0.05) is 25.1 Å². The summed E-state index contributed by atoms with van der Waals surface area (Å²) in [7, 11) is -3.26. The number of hydrogen-bond donors (Lipinski definition) is 0. The van der Waals surface area contributed by atoms with Gasteiger partial charge in [0.05, 0.1) is 5.02 Å². The van der Waals surface area contributed by atoms with Crippen molar-refractivity contribution in [2.45, 2.75) is 6.42 Å². The lowest BCUT2D eigenvalue weighted by Gasteiger charge is -2.01. The largest absolute Gasteiger partial charge is 0.298 e. The van der Waals surface area contributed by atoms with Crippen molar-refractivity contribution in [2.75, 3.05) is 12.0 Å². The van der Waals surface area contributed by atoms with Crippen molar-refractivity contribution in [3.05, 3.63) is 29.0 Å². The molecule has 1 aromatic rings. The molecular weight excluding hydrogens is 238 g/mol. The van der Waals surface area contributed by atoms with Crippen LogP contribution in [0.5, 0.6) is 0 Å². The smallest absolute Gasteiger partial charge is 0.154 e. The second kappa shape index (κ2) is 4.72. The third-order valence-corrected chi connectivity index (χ3v) is 2.85. The van der Waals surface area contributed by atoms with Crippen LogP contribution in [-0.4, -0.2) is 31.2 Å². The van der Waals surface area contributed by atoms with Crippen LogP contribution in [0.1, 0.15) is 5.56 Å². The minimum absolute atomic E-state index is 0.0222. The summed E-state index contributed by atoms with van der Waals surface area (Å²) in [4.78, 5) is 15.1. The van der Waals surface area contributed by atoms with E-state index < -0.39 is 15.6 Å². The quantitative estimate of drug-likeness (QED) is 0.793. The molecule has 0 amide bonds. The Kier molecular flexibility index (Phi) is 3.82. The van der Waals surface area contributed by atoms with E-state index in [-0.39, 0.29) is 12.2 Å². The molecule has 0 aromatic carbocycles. The van der Waals surface area contributed by atoms with Gasteiger partial charge < -0.3 is 0 Å². The molecule has 0 aliphatic rings. The van der Waals surface area contributed by atoms with Crippen LogP contribution in [0.25, 0.3) is 0 Å². The van der Waals surface area contributed by atoms with Crippen molar-refractivity contribution in [3.63, 3.8) is 0 Å². The number of carbonyl (C=O) groups is 1. The molecule has 0 aliphatic heterocycles. The highest BCUT2D eigenvalue weighted by atomic mass is 35.5. The van der Waals surface area contributed by atoms with Crippen LogP contribution in [-0.2, 0) is 21.1 Å². The van der Waals surface area contributed by atoms with Gasteiger partial charge in [-0.15, -0.1) is 0 Å². The monoisotopic (exact) mass is 247 g/mol. The van der Waals surface area contributed by atoms with E-state index in [0.717, 1.165) is 6.26 Å². The number of carbonyl (C=O) groups excluding carboxylic acids is 1. The van der Waals surface area contributed by atoms with Gasteiger partial charge in [-0.25, -0.2) is 8.42 Å². The number of hydrogen-bond acceptors (Lipinski definition) is 4. The first-order valence-electron chi connectivity index (χ1n) is 4.16. The van der Waals surface area contributed by atoms with E-state index in [1.165, 1.54) is 12.4 Å². The highest BCUT2D eigenvalue weighted by molar-refractivity contribution is 7.91. The number of rotatable bonds is 4. The third-order valence-electron chi connectivity index (χ3n) is 1.67. The average Bonchev–Trinajstić information content (AvgIpc) is 2.05. The van der Waals surface area contributed by atoms with Crippen molar-refractivity contribution in [1.29, 1.82) is 0 Å². The fraction of sp³-hybridized carbons (Fsp3) is 0.333. The number of ketones is 1. The maximum atomic E-state index is 11.3. The van der Waals surface area contributed by atoms with E-state index in [4.69, 9.17) is 11.6 Å². The van der Waals surface area contributed by atoms with Gasteiger partial charge in [-0.3, -0.25) is 9.78 Å². The Balaban J connectivity index is 2.72. The van der Waals surface area contributed by atoms with E-state index >= 15 is 0 Å². The Morgan fingerprint density at radius 2 is 2.20 bits per heavy atom. The van der Waals surface area contributed by atoms with E-state index in [1.54, 1.807) is 6.07 Å². The van der Waals surface area contributed by atoms with Crippen LogP contribution in [0.2, 0.25) is 5.02 Å². The molecule has 1 aromatic heterocycles. The predicted octanol–water partition coefficient (Wildman–Crippen LogP) is 0.891. The molecule has 82 valence electrons. The summed E-state index contributed by atoms with van der Waals surface area (Å²) in [6, 6.07) is 1.60. The van der Waals surface area contributed by atoms with Gasteiger partial charge in [0.15, 0.2) is 15.6 Å². The molecule has 0 unspecified atom stereocenters. The number of nitrogens with zero attached hydrogens (tertiary/aromatic N) is 1. The molecule has 0 bridgehead atoms. The molecule has 0 aliphatic carbocycles. The maximum absolute atomic E-state index is 11.3. The Morgan fingerprint density at radius 1 is 1.53 bits per heavy atom. The lowest BCUT2D eigenvalue weighted by atomic mass is 10.1. The van der Waals surface area contributed by atoms with Gasteiger partial charge in [-0.1, -0.05) is 11.6 Å². The van der Waals surface area contributed by atoms with E-state index in [2.05, 4.69) is 4.98 Å². The zero-order valence-electron chi connectivity index (χ0n) is 8.10. The zero-order valence-corrected chi connectivity index (χ0v) is 9.68. The van der Waals surface area contributed by atoms with Crippen molar-refractivity contribution in [2.24, 2.45) is 0 Å². The first-order valence-corrected chi connectivity index (χ1v) is 6.60. The summed E-state index contributed by atoms with van der Waals surface area (Å²) >= 11 is 5.78. The molecule has 0 saturated heterocycles. The second-order valence-corrected chi connectivity index (χ2v) is 5.80. The van der Waals surface area contributed by atoms with Crippen LogP contribution in [0, 0.1) is 0 Å². The number of pyridine rings is 1. The van der Waals surface area contributed by atoms with Gasteiger partial charge in [0.25, 0.3) is 0 Å². The van der Waals surface area contributed by atoms with Gasteiger partial charge in [-0.05, 0) is 11.6 Å². The van der Waals surface area contributed by atoms with Gasteiger partial charge >= 0.3 is 0 Å². The van der Waals surface area contributed by atoms with E-state index in [0.29, 0.717) is 10.6 Å². The fourth-order valence-corrected chi connectivity index (χ4v) is 1.98. The van der Waals surface area contributed by atoms with Crippen LogP contribution in [0.4, 0.5) is 0 Å². The van der Waals surface area contributed by atoms with Crippen LogP contribution in [0.15, 0.2) is 18.5 Å². The second-order valence-electron chi connectivity index (χ2n) is 3.25. The molecule has 0 atom stereocenters. The molecule has 0 radical (unpaired) electrons. The Bertz CT molecular complexity index is 470. The average molecular weight is 248 g/mol. The summed E-state index contributed by atoms with van der Waals surface area (Å²) in [5.74, 6) is -0.823. The molecular formula is C9H10ClNO3S. The van der Waals surface area contributed by atoms with Crippen molar-refractivity contribution in [1.82, 2.24) is 4.98 Å². The maximum Gasteiger partial charge on any atom is 0.154 e. The van der Waals surface area contributed by atoms with Gasteiger partial charge in [-0.2, -0.15) is 0 Å². The molecule has 1 rings (SSSR count). The molecule has 15 heavy (non-hydrogen) atoms. The lowest BCUT2D eigenvalue weighted by Crippen LogP contribution is -2.16. The summed E-state index contributed by atoms with van der Waals surface area (Å²) in [5, 5.41) is 0.374. The zero-order chi connectivity index (χ0) is 11.5. The Morgan fingerprint density at radius 3 is 2.73 bits per heavy atom. The fourth-order valence-electron chi connectivity index (χ4n) is 1.10. The summed E-state index contributed by atoms with van der Waals surface area (Å²) < 4.78 is 21.7. The normalized spacial score (nSPS) is 11.3. The van der Waals surface area contributed by atoms with Crippen molar-refractivity contribution < 1.29 is 13.2 Å². The number of aromatic nitrogens is 1. The highest BCUT2D eigenvalue weighted by Crippen LogP contribution is 2.14. The number of halogens is 1. The Hall–Kier alpha value is -0.940. The highest BCUT2D eigenvalue weighted by Gasteiger charge is 2.12. The van der Waals surface area contributed by atoms with Gasteiger partial charge in [0.2, 0.25) is 0 Å². The van der Waals surface area contributed by atoms with Crippen molar-refractivity contribution >= 4 is 27.2 Å². The molecule has 0 fully saturated rings. The van der Waals surface area contributed by atoms with Crippen LogP contribution < -0.4 is 0 Å². The van der Waals surface area contributed by atoms with E-state index in [1.807, 2.05) is 0 Å². The molecule has 0 N–H and O–H groups in total. The minimum atomic E-state index is -3.26. The topological polar surface area (TPSA) is 64.1 Å². The molecule has 0 spiro atoms.